The first-order valence-electron chi connectivity index (χ1n) is 9.97. The predicted octanol–water partition coefficient (Wildman–Crippen LogP) is 3.01. The van der Waals surface area contributed by atoms with Crippen molar-refractivity contribution in [1.29, 1.82) is 0 Å². The third-order valence-electron chi connectivity index (χ3n) is 5.75. The van der Waals surface area contributed by atoms with Gasteiger partial charge in [0.25, 0.3) is 0 Å². The number of aromatic nitrogens is 2. The molecular weight excluding hydrogens is 379 g/mol. The van der Waals surface area contributed by atoms with Crippen molar-refractivity contribution in [1.82, 2.24) is 20.4 Å². The van der Waals surface area contributed by atoms with Crippen LogP contribution >= 0.6 is 12.4 Å². The minimum atomic E-state index is -0.202. The molecule has 1 aromatic heterocycles. The van der Waals surface area contributed by atoms with Crippen LogP contribution in [0.2, 0.25) is 0 Å². The van der Waals surface area contributed by atoms with E-state index in [-0.39, 0.29) is 30.2 Å². The molecule has 0 bridgehead atoms. The number of amides is 1. The summed E-state index contributed by atoms with van der Waals surface area (Å²) in [5.41, 5.74) is 3.34. The lowest BCUT2D eigenvalue weighted by molar-refractivity contribution is -0.122. The van der Waals surface area contributed by atoms with Gasteiger partial charge < -0.3 is 10.6 Å². The van der Waals surface area contributed by atoms with Crippen LogP contribution in [0.5, 0.6) is 0 Å². The molecule has 2 aliphatic rings. The number of halogens is 2. The summed E-state index contributed by atoms with van der Waals surface area (Å²) in [6.07, 6.45) is 5.33. The molecule has 1 saturated carbocycles. The molecule has 1 aliphatic heterocycles. The molecule has 0 spiro atoms. The molecule has 0 saturated heterocycles. The van der Waals surface area contributed by atoms with Gasteiger partial charge in [0.05, 0.1) is 17.9 Å². The lowest BCUT2D eigenvalue weighted by Gasteiger charge is -2.21. The van der Waals surface area contributed by atoms with Gasteiger partial charge in [-0.1, -0.05) is 18.6 Å². The number of carbonyl (C=O) groups is 1. The van der Waals surface area contributed by atoms with Crippen LogP contribution in [0.15, 0.2) is 30.3 Å². The number of rotatable bonds is 6. The Balaban J connectivity index is 0.00000225. The summed E-state index contributed by atoms with van der Waals surface area (Å²) in [7, 11) is 0. The van der Waals surface area contributed by atoms with E-state index in [0.717, 1.165) is 56.6 Å². The van der Waals surface area contributed by atoms with E-state index in [9.17, 15) is 9.18 Å². The van der Waals surface area contributed by atoms with Gasteiger partial charge in [-0.15, -0.1) is 12.4 Å². The van der Waals surface area contributed by atoms with Crippen molar-refractivity contribution < 1.29 is 9.18 Å². The zero-order valence-corrected chi connectivity index (χ0v) is 16.8. The molecule has 2 aromatic rings. The molecule has 0 unspecified atom stereocenters. The average molecular weight is 407 g/mol. The van der Waals surface area contributed by atoms with Crippen LogP contribution in [-0.2, 0) is 30.7 Å². The Labute approximate surface area is 171 Å². The second-order valence-electron chi connectivity index (χ2n) is 7.72. The van der Waals surface area contributed by atoms with Crippen LogP contribution in [0, 0.1) is 11.7 Å². The number of hydrogen-bond donors (Lipinski definition) is 2. The molecule has 2 heterocycles. The Hall–Kier alpha value is -1.92. The monoisotopic (exact) mass is 406 g/mol. The first-order valence-corrected chi connectivity index (χ1v) is 9.97. The molecule has 1 amide bonds. The van der Waals surface area contributed by atoms with Gasteiger partial charge in [-0.25, -0.2) is 4.39 Å². The second-order valence-corrected chi connectivity index (χ2v) is 7.72. The van der Waals surface area contributed by atoms with Crippen molar-refractivity contribution in [2.75, 3.05) is 6.54 Å². The highest BCUT2D eigenvalue weighted by atomic mass is 35.5. The van der Waals surface area contributed by atoms with Crippen LogP contribution in [-0.4, -0.2) is 28.3 Å². The molecule has 1 aliphatic carbocycles. The number of hydrogen-bond acceptors (Lipinski definition) is 3. The lowest BCUT2D eigenvalue weighted by Crippen LogP contribution is -2.38. The van der Waals surface area contributed by atoms with E-state index in [1.807, 2.05) is 16.8 Å². The summed E-state index contributed by atoms with van der Waals surface area (Å²) in [5.74, 6) is 0.340. The summed E-state index contributed by atoms with van der Waals surface area (Å²) in [5, 5.41) is 11.2. The summed E-state index contributed by atoms with van der Waals surface area (Å²) < 4.78 is 15.1. The Morgan fingerprint density at radius 1 is 1.29 bits per heavy atom. The van der Waals surface area contributed by atoms with Crippen molar-refractivity contribution in [3.05, 3.63) is 53.1 Å². The maximum absolute atomic E-state index is 13.1. The SMILES string of the molecule is Cl.O=C(CCc1cc2n(n1)CCNC2)N[C@H]1CCC[C@H]1Cc1ccc(F)cc1. The van der Waals surface area contributed by atoms with Crippen molar-refractivity contribution in [2.24, 2.45) is 5.92 Å². The van der Waals surface area contributed by atoms with Gasteiger partial charge in [0, 0.05) is 32.0 Å². The van der Waals surface area contributed by atoms with Crippen LogP contribution < -0.4 is 10.6 Å². The van der Waals surface area contributed by atoms with Crippen LogP contribution in [0.1, 0.15) is 42.6 Å². The zero-order chi connectivity index (χ0) is 18.6. The Morgan fingerprint density at radius 3 is 2.89 bits per heavy atom. The molecule has 1 aromatic carbocycles. The Morgan fingerprint density at radius 2 is 2.11 bits per heavy atom. The van der Waals surface area contributed by atoms with Crippen LogP contribution in [0.3, 0.4) is 0 Å². The number of nitrogens with one attached hydrogen (secondary N) is 2. The fourth-order valence-electron chi connectivity index (χ4n) is 4.29. The van der Waals surface area contributed by atoms with Gasteiger partial charge in [0.1, 0.15) is 5.82 Å². The Kier molecular flexibility index (Phi) is 7.08. The van der Waals surface area contributed by atoms with Gasteiger partial charge in [-0.2, -0.15) is 5.10 Å². The van der Waals surface area contributed by atoms with Gasteiger partial charge >= 0.3 is 0 Å². The average Bonchev–Trinajstić information content (AvgIpc) is 3.28. The zero-order valence-electron chi connectivity index (χ0n) is 16.0. The first-order chi connectivity index (χ1) is 13.2. The topological polar surface area (TPSA) is 59.0 Å². The van der Waals surface area contributed by atoms with Gasteiger partial charge in [0.2, 0.25) is 5.91 Å². The minimum absolute atomic E-state index is 0. The molecule has 2 atom stereocenters. The molecule has 4 rings (SSSR count). The first kappa shape index (κ1) is 20.8. The summed E-state index contributed by atoms with van der Waals surface area (Å²) in [6, 6.07) is 9.05. The highest BCUT2D eigenvalue weighted by Crippen LogP contribution is 2.29. The summed E-state index contributed by atoms with van der Waals surface area (Å²) in [4.78, 5) is 12.5. The molecule has 0 radical (unpaired) electrons. The number of fused-ring (bicyclic) bond motifs is 1. The molecule has 7 heteroatoms. The third-order valence-corrected chi connectivity index (χ3v) is 5.75. The molecule has 28 heavy (non-hydrogen) atoms. The van der Waals surface area contributed by atoms with Gasteiger partial charge in [-0.3, -0.25) is 9.48 Å². The standard InChI is InChI=1S/C21H27FN4O.ClH/c22-17-6-4-15(5-7-17)12-16-2-1-3-20(16)24-21(27)9-8-18-13-19-14-23-10-11-26(19)25-18;/h4-7,13,16,20,23H,1-3,8-12,14H2,(H,24,27);1H/t16-,20-;/m0./s1. The molecule has 5 nitrogen and oxygen atoms in total. The lowest BCUT2D eigenvalue weighted by atomic mass is 9.94. The normalized spacial score (nSPS) is 21.0. The number of aryl methyl sites for hydroxylation is 1. The smallest absolute Gasteiger partial charge is 0.220 e. The van der Waals surface area contributed by atoms with E-state index in [0.29, 0.717) is 18.8 Å². The van der Waals surface area contributed by atoms with Crippen molar-refractivity contribution in [2.45, 2.75) is 57.7 Å². The van der Waals surface area contributed by atoms with Crippen molar-refractivity contribution in [3.8, 4) is 0 Å². The highest BCUT2D eigenvalue weighted by molar-refractivity contribution is 5.85. The van der Waals surface area contributed by atoms with E-state index in [2.05, 4.69) is 21.8 Å². The number of benzene rings is 1. The third kappa shape index (κ3) is 5.11. The van der Waals surface area contributed by atoms with Gasteiger partial charge in [0.15, 0.2) is 0 Å². The summed E-state index contributed by atoms with van der Waals surface area (Å²) in [6.45, 7) is 2.70. The predicted molar refractivity (Wildman–Crippen MR) is 109 cm³/mol. The minimum Gasteiger partial charge on any atom is -0.353 e. The maximum atomic E-state index is 13.1. The van der Waals surface area contributed by atoms with E-state index < -0.39 is 0 Å². The van der Waals surface area contributed by atoms with E-state index >= 15 is 0 Å². The van der Waals surface area contributed by atoms with Gasteiger partial charge in [-0.05, 0) is 48.9 Å². The molecule has 152 valence electrons. The maximum Gasteiger partial charge on any atom is 0.220 e. The molecular formula is C21H28ClFN4O. The highest BCUT2D eigenvalue weighted by Gasteiger charge is 2.28. The fourth-order valence-corrected chi connectivity index (χ4v) is 4.29. The summed E-state index contributed by atoms with van der Waals surface area (Å²) >= 11 is 0. The van der Waals surface area contributed by atoms with Crippen LogP contribution in [0.25, 0.3) is 0 Å². The molecule has 1 fully saturated rings. The quantitative estimate of drug-likeness (QED) is 0.775. The number of nitrogens with zero attached hydrogens (tertiary/aromatic N) is 2. The second kappa shape index (κ2) is 9.52. The Bertz CT molecular complexity index is 769. The van der Waals surface area contributed by atoms with Crippen LogP contribution in [0.4, 0.5) is 4.39 Å². The number of carbonyl (C=O) groups excluding carboxylic acids is 1. The fraction of sp³-hybridized carbons (Fsp3) is 0.524. The molecule has 2 N–H and O–H groups in total. The largest absolute Gasteiger partial charge is 0.353 e. The van der Waals surface area contributed by atoms with E-state index in [1.54, 1.807) is 0 Å². The van der Waals surface area contributed by atoms with Crippen molar-refractivity contribution in [3.63, 3.8) is 0 Å². The van der Waals surface area contributed by atoms with Crippen molar-refractivity contribution >= 4 is 18.3 Å². The van der Waals surface area contributed by atoms with E-state index in [1.165, 1.54) is 17.8 Å². The van der Waals surface area contributed by atoms with E-state index in [4.69, 9.17) is 0 Å².